The highest BCUT2D eigenvalue weighted by Crippen LogP contribution is 2.14. The Balaban J connectivity index is 2.89. The van der Waals surface area contributed by atoms with Crippen LogP contribution >= 0.6 is 0 Å². The van der Waals surface area contributed by atoms with E-state index in [0.717, 1.165) is 0 Å². The van der Waals surface area contributed by atoms with Gasteiger partial charge in [0.15, 0.2) is 0 Å². The van der Waals surface area contributed by atoms with Gasteiger partial charge in [-0.1, -0.05) is 0 Å². The van der Waals surface area contributed by atoms with E-state index in [-0.39, 0.29) is 4.92 Å². The lowest BCUT2D eigenvalue weighted by Crippen LogP contribution is -2.43. The number of hydrazone groups is 1. The molecule has 1 N–H and O–H groups in total. The third-order valence-corrected chi connectivity index (χ3v) is 1.85. The molecule has 0 amide bonds. The summed E-state index contributed by atoms with van der Waals surface area (Å²) in [4.78, 5) is 10.1. The van der Waals surface area contributed by atoms with Crippen molar-refractivity contribution in [3.63, 3.8) is 0 Å². The third kappa shape index (κ3) is 0.741. The minimum Gasteiger partial charge on any atom is -0.302 e. The maximum absolute atomic E-state index is 10.4. The standard InChI is InChI=1S/C5H9N3O2/c1-4-5(2,8(9)10)3-6-7-4/h6H,3H2,1-2H3. The molecular weight excluding hydrogens is 134 g/mol. The van der Waals surface area contributed by atoms with Crippen LogP contribution in [0.3, 0.4) is 0 Å². The van der Waals surface area contributed by atoms with Crippen LogP contribution in [0.25, 0.3) is 0 Å². The van der Waals surface area contributed by atoms with Crippen molar-refractivity contribution < 1.29 is 4.92 Å². The first-order valence-corrected chi connectivity index (χ1v) is 2.99. The minimum absolute atomic E-state index is 0.297. The van der Waals surface area contributed by atoms with Gasteiger partial charge in [0.1, 0.15) is 12.3 Å². The largest absolute Gasteiger partial charge is 0.302 e. The Hall–Kier alpha value is -1.13. The second kappa shape index (κ2) is 1.93. The topological polar surface area (TPSA) is 67.5 Å². The molecular formula is C5H9N3O2. The molecule has 0 bridgehead atoms. The first-order chi connectivity index (χ1) is 4.57. The summed E-state index contributed by atoms with van der Waals surface area (Å²) in [6.45, 7) is 3.51. The normalized spacial score (nSPS) is 31.2. The predicted octanol–water partition coefficient (Wildman–Crippen LogP) is 0.000900. The van der Waals surface area contributed by atoms with E-state index in [1.807, 2.05) is 0 Å². The number of nitro groups is 1. The minimum atomic E-state index is -0.986. The lowest BCUT2D eigenvalue weighted by atomic mass is 10.00. The van der Waals surface area contributed by atoms with Gasteiger partial charge >= 0.3 is 0 Å². The van der Waals surface area contributed by atoms with Crippen molar-refractivity contribution >= 4 is 5.71 Å². The van der Waals surface area contributed by atoms with Crippen molar-refractivity contribution in [2.24, 2.45) is 5.10 Å². The smallest absolute Gasteiger partial charge is 0.277 e. The van der Waals surface area contributed by atoms with Crippen molar-refractivity contribution in [3.8, 4) is 0 Å². The Labute approximate surface area is 58.3 Å². The van der Waals surface area contributed by atoms with Gasteiger partial charge in [-0.2, -0.15) is 5.10 Å². The number of nitrogens with one attached hydrogen (secondary N) is 1. The maximum Gasteiger partial charge on any atom is 0.277 e. The van der Waals surface area contributed by atoms with Crippen molar-refractivity contribution in [1.82, 2.24) is 5.43 Å². The van der Waals surface area contributed by atoms with E-state index in [4.69, 9.17) is 0 Å². The van der Waals surface area contributed by atoms with Crippen LogP contribution in [0.15, 0.2) is 5.10 Å². The van der Waals surface area contributed by atoms with Crippen LogP contribution in [0.5, 0.6) is 0 Å². The first-order valence-electron chi connectivity index (χ1n) is 2.99. The zero-order valence-corrected chi connectivity index (χ0v) is 5.92. The Bertz CT molecular complexity index is 201. The van der Waals surface area contributed by atoms with Crippen molar-refractivity contribution in [2.75, 3.05) is 6.54 Å². The number of hydrogen-bond donors (Lipinski definition) is 1. The van der Waals surface area contributed by atoms with Crippen LogP contribution in [-0.4, -0.2) is 22.7 Å². The van der Waals surface area contributed by atoms with Crippen molar-refractivity contribution in [1.29, 1.82) is 0 Å². The Morgan fingerprint density at radius 3 is 2.70 bits per heavy atom. The SMILES string of the molecule is CC1=NNCC1(C)[N+](=O)[O-]. The van der Waals surface area contributed by atoms with E-state index >= 15 is 0 Å². The maximum atomic E-state index is 10.4. The summed E-state index contributed by atoms with van der Waals surface area (Å²) in [5.74, 6) is 0. The Morgan fingerprint density at radius 1 is 1.90 bits per heavy atom. The number of rotatable bonds is 1. The van der Waals surface area contributed by atoms with E-state index < -0.39 is 5.54 Å². The molecule has 5 heteroatoms. The van der Waals surface area contributed by atoms with Crippen LogP contribution in [0.1, 0.15) is 13.8 Å². The fraction of sp³-hybridized carbons (Fsp3) is 0.800. The molecule has 1 unspecified atom stereocenters. The van der Waals surface area contributed by atoms with Gasteiger partial charge in [0.05, 0.1) is 0 Å². The highest BCUT2D eigenvalue weighted by atomic mass is 16.6. The zero-order valence-electron chi connectivity index (χ0n) is 5.92. The lowest BCUT2D eigenvalue weighted by Gasteiger charge is -2.11. The molecule has 1 aliphatic rings. The van der Waals surface area contributed by atoms with Gasteiger partial charge in [-0.3, -0.25) is 10.1 Å². The Kier molecular flexibility index (Phi) is 1.35. The average Bonchev–Trinajstić information content (AvgIpc) is 2.15. The summed E-state index contributed by atoms with van der Waals surface area (Å²) < 4.78 is 0. The molecule has 0 spiro atoms. The summed E-state index contributed by atoms with van der Waals surface area (Å²) in [5.41, 5.74) is 2.14. The summed E-state index contributed by atoms with van der Waals surface area (Å²) >= 11 is 0. The number of hydrogen-bond acceptors (Lipinski definition) is 4. The molecule has 1 heterocycles. The van der Waals surface area contributed by atoms with Crippen LogP contribution in [-0.2, 0) is 0 Å². The summed E-state index contributed by atoms with van der Waals surface area (Å²) in [7, 11) is 0. The molecule has 0 aromatic rings. The van der Waals surface area contributed by atoms with Crippen LogP contribution in [0, 0.1) is 10.1 Å². The summed E-state index contributed by atoms with van der Waals surface area (Å²) in [6, 6.07) is 0. The van der Waals surface area contributed by atoms with Crippen LogP contribution < -0.4 is 5.43 Å². The Morgan fingerprint density at radius 2 is 2.50 bits per heavy atom. The van der Waals surface area contributed by atoms with Gasteiger partial charge in [-0.25, -0.2) is 0 Å². The molecule has 0 aromatic heterocycles. The molecule has 10 heavy (non-hydrogen) atoms. The van der Waals surface area contributed by atoms with E-state index in [0.29, 0.717) is 12.3 Å². The van der Waals surface area contributed by atoms with Gasteiger partial charge in [0.25, 0.3) is 5.54 Å². The van der Waals surface area contributed by atoms with Gasteiger partial charge in [0, 0.05) is 11.8 Å². The van der Waals surface area contributed by atoms with Crippen molar-refractivity contribution in [3.05, 3.63) is 10.1 Å². The average molecular weight is 143 g/mol. The fourth-order valence-corrected chi connectivity index (χ4v) is 0.757. The van der Waals surface area contributed by atoms with E-state index in [1.165, 1.54) is 0 Å². The molecule has 5 nitrogen and oxygen atoms in total. The van der Waals surface area contributed by atoms with Crippen molar-refractivity contribution in [2.45, 2.75) is 19.4 Å². The summed E-state index contributed by atoms with van der Waals surface area (Å²) in [5, 5.41) is 14.2. The second-order valence-corrected chi connectivity index (χ2v) is 2.56. The molecule has 0 saturated carbocycles. The first kappa shape index (κ1) is 6.98. The lowest BCUT2D eigenvalue weighted by molar-refractivity contribution is -0.538. The van der Waals surface area contributed by atoms with Gasteiger partial charge in [0.2, 0.25) is 0 Å². The molecule has 56 valence electrons. The van der Waals surface area contributed by atoms with E-state index in [1.54, 1.807) is 13.8 Å². The van der Waals surface area contributed by atoms with E-state index in [9.17, 15) is 10.1 Å². The van der Waals surface area contributed by atoms with Crippen LogP contribution in [0.2, 0.25) is 0 Å². The predicted molar refractivity (Wildman–Crippen MR) is 36.5 cm³/mol. The molecule has 0 aliphatic carbocycles. The summed E-state index contributed by atoms with van der Waals surface area (Å²) in [6.07, 6.45) is 0. The van der Waals surface area contributed by atoms with Gasteiger partial charge in [-0.05, 0) is 6.92 Å². The van der Waals surface area contributed by atoms with Crippen LogP contribution in [0.4, 0.5) is 0 Å². The molecule has 0 aromatic carbocycles. The highest BCUT2D eigenvalue weighted by molar-refractivity contribution is 5.91. The highest BCUT2D eigenvalue weighted by Gasteiger charge is 2.43. The molecule has 0 saturated heterocycles. The molecule has 1 aliphatic heterocycles. The second-order valence-electron chi connectivity index (χ2n) is 2.56. The zero-order chi connectivity index (χ0) is 7.78. The molecule has 1 rings (SSSR count). The van der Waals surface area contributed by atoms with Gasteiger partial charge in [-0.15, -0.1) is 0 Å². The third-order valence-electron chi connectivity index (χ3n) is 1.85. The van der Waals surface area contributed by atoms with Gasteiger partial charge < -0.3 is 5.43 Å². The quantitative estimate of drug-likeness (QED) is 0.415. The monoisotopic (exact) mass is 143 g/mol. The van der Waals surface area contributed by atoms with E-state index in [2.05, 4.69) is 10.5 Å². The number of nitrogens with zero attached hydrogens (tertiary/aromatic N) is 2. The molecule has 1 atom stereocenters. The molecule has 0 radical (unpaired) electrons. The molecule has 0 fully saturated rings. The fourth-order valence-electron chi connectivity index (χ4n) is 0.757.